The minimum Gasteiger partial charge on any atom is -0.459 e. The first kappa shape index (κ1) is 6.16. The largest absolute Gasteiger partial charge is 0.459 e. The maximum absolute atomic E-state index is 10.9. The van der Waals surface area contributed by atoms with Crippen molar-refractivity contribution in [2.45, 2.75) is 31.5 Å². The molecule has 2 unspecified atom stereocenters. The zero-order valence-corrected chi connectivity index (χ0v) is 5.62. The van der Waals surface area contributed by atoms with Crippen LogP contribution in [0.3, 0.4) is 0 Å². The van der Waals surface area contributed by atoms with Crippen molar-refractivity contribution in [1.82, 2.24) is 0 Å². The number of hydrogen-bond acceptors (Lipinski definition) is 3. The Morgan fingerprint density at radius 3 is 3.00 bits per heavy atom. The van der Waals surface area contributed by atoms with Crippen molar-refractivity contribution in [1.29, 1.82) is 0 Å². The fraction of sp³-hybridized carbons (Fsp3) is 0.857. The molecule has 1 N–H and O–H groups in total. The van der Waals surface area contributed by atoms with Crippen LogP contribution >= 0.6 is 0 Å². The van der Waals surface area contributed by atoms with Crippen molar-refractivity contribution in [3.8, 4) is 0 Å². The molecule has 2 aliphatic rings. The predicted octanol–water partition coefficient (Wildman–Crippen LogP) is 0.0728. The van der Waals surface area contributed by atoms with Crippen molar-refractivity contribution in [2.75, 3.05) is 0 Å². The van der Waals surface area contributed by atoms with E-state index >= 15 is 0 Å². The Balaban J connectivity index is 2.15. The molecular weight excluding hydrogens is 132 g/mol. The maximum Gasteiger partial charge on any atom is 0.309 e. The maximum atomic E-state index is 10.9. The Kier molecular flexibility index (Phi) is 1.20. The molecule has 56 valence electrons. The van der Waals surface area contributed by atoms with Crippen molar-refractivity contribution in [3.05, 3.63) is 0 Å². The molecule has 2 rings (SSSR count). The number of rotatable bonds is 0. The Morgan fingerprint density at radius 1 is 1.50 bits per heavy atom. The molecule has 3 atom stereocenters. The lowest BCUT2D eigenvalue weighted by Crippen LogP contribution is -2.28. The lowest BCUT2D eigenvalue weighted by Gasteiger charge is -2.19. The van der Waals surface area contributed by atoms with E-state index in [1.165, 1.54) is 0 Å². The fourth-order valence-corrected chi connectivity index (χ4v) is 1.70. The van der Waals surface area contributed by atoms with Crippen molar-refractivity contribution in [2.24, 2.45) is 5.92 Å². The van der Waals surface area contributed by atoms with Gasteiger partial charge in [0.05, 0.1) is 12.0 Å². The van der Waals surface area contributed by atoms with Gasteiger partial charge in [0.25, 0.3) is 0 Å². The van der Waals surface area contributed by atoms with Crippen LogP contribution < -0.4 is 0 Å². The molecule has 1 saturated carbocycles. The van der Waals surface area contributed by atoms with E-state index in [0.29, 0.717) is 0 Å². The SMILES string of the molecule is O=C1OC2CC1CC[C@@H]2O. The van der Waals surface area contributed by atoms with Crippen LogP contribution in [-0.4, -0.2) is 23.3 Å². The zero-order valence-electron chi connectivity index (χ0n) is 5.62. The minimum atomic E-state index is -0.400. The van der Waals surface area contributed by atoms with Gasteiger partial charge in [-0.2, -0.15) is 0 Å². The number of carbonyl (C=O) groups excluding carboxylic acids is 1. The average Bonchev–Trinajstić information content (AvgIpc) is 2.21. The Bertz CT molecular complexity index is 166. The Labute approximate surface area is 59.0 Å². The molecule has 10 heavy (non-hydrogen) atoms. The molecule has 0 aromatic rings. The molecule has 1 aliphatic heterocycles. The summed E-state index contributed by atoms with van der Waals surface area (Å²) in [5.41, 5.74) is 0. The van der Waals surface area contributed by atoms with Gasteiger partial charge in [0, 0.05) is 6.42 Å². The number of fused-ring (bicyclic) bond motifs is 2. The Morgan fingerprint density at radius 2 is 2.30 bits per heavy atom. The molecule has 0 aromatic carbocycles. The van der Waals surface area contributed by atoms with Crippen LogP contribution in [0.4, 0.5) is 0 Å². The molecule has 1 aliphatic carbocycles. The van der Waals surface area contributed by atoms with E-state index in [2.05, 4.69) is 0 Å². The zero-order chi connectivity index (χ0) is 7.14. The molecule has 3 heteroatoms. The van der Waals surface area contributed by atoms with E-state index in [0.717, 1.165) is 19.3 Å². The van der Waals surface area contributed by atoms with Crippen LogP contribution in [0, 0.1) is 5.92 Å². The lowest BCUT2D eigenvalue weighted by molar-refractivity contribution is -0.145. The molecule has 2 bridgehead atoms. The van der Waals surface area contributed by atoms with Crippen LogP contribution in [0.25, 0.3) is 0 Å². The highest BCUT2D eigenvalue weighted by Crippen LogP contribution is 2.33. The fourth-order valence-electron chi connectivity index (χ4n) is 1.70. The summed E-state index contributed by atoms with van der Waals surface area (Å²) in [6.45, 7) is 0. The summed E-state index contributed by atoms with van der Waals surface area (Å²) in [5, 5.41) is 9.24. The second-order valence-electron chi connectivity index (χ2n) is 3.05. The van der Waals surface area contributed by atoms with Gasteiger partial charge in [-0.25, -0.2) is 0 Å². The predicted molar refractivity (Wildman–Crippen MR) is 33.2 cm³/mol. The summed E-state index contributed by atoms with van der Waals surface area (Å²) in [6, 6.07) is 0. The second-order valence-corrected chi connectivity index (χ2v) is 3.05. The van der Waals surface area contributed by atoms with Crippen LogP contribution in [0.5, 0.6) is 0 Å². The van der Waals surface area contributed by atoms with Crippen molar-refractivity contribution in [3.63, 3.8) is 0 Å². The van der Waals surface area contributed by atoms with Gasteiger partial charge in [-0.05, 0) is 12.8 Å². The van der Waals surface area contributed by atoms with Gasteiger partial charge >= 0.3 is 5.97 Å². The summed E-state index contributed by atoms with van der Waals surface area (Å²) >= 11 is 0. The van der Waals surface area contributed by atoms with Gasteiger partial charge in [-0.3, -0.25) is 4.79 Å². The first-order valence-corrected chi connectivity index (χ1v) is 3.66. The molecule has 1 heterocycles. The highest BCUT2D eigenvalue weighted by molar-refractivity contribution is 5.75. The summed E-state index contributed by atoms with van der Waals surface area (Å²) in [7, 11) is 0. The lowest BCUT2D eigenvalue weighted by atomic mass is 9.88. The normalized spacial score (nSPS) is 45.3. The minimum absolute atomic E-state index is 0.0911. The number of carbonyl (C=O) groups is 1. The third-order valence-corrected chi connectivity index (χ3v) is 2.36. The van der Waals surface area contributed by atoms with Crippen LogP contribution in [0.15, 0.2) is 0 Å². The monoisotopic (exact) mass is 142 g/mol. The molecule has 2 fully saturated rings. The van der Waals surface area contributed by atoms with Gasteiger partial charge in [0.2, 0.25) is 0 Å². The van der Waals surface area contributed by atoms with E-state index in [-0.39, 0.29) is 18.0 Å². The molecule has 0 radical (unpaired) electrons. The van der Waals surface area contributed by atoms with E-state index < -0.39 is 6.10 Å². The summed E-state index contributed by atoms with van der Waals surface area (Å²) in [6.07, 6.45) is 1.67. The number of aliphatic hydroxyl groups excluding tert-OH is 1. The summed E-state index contributed by atoms with van der Waals surface area (Å²) in [5.74, 6) is -0.0186. The van der Waals surface area contributed by atoms with Gasteiger partial charge in [-0.1, -0.05) is 0 Å². The van der Waals surface area contributed by atoms with Gasteiger partial charge < -0.3 is 9.84 Å². The molecule has 1 saturated heterocycles. The van der Waals surface area contributed by atoms with Crippen LogP contribution in [0.2, 0.25) is 0 Å². The van der Waals surface area contributed by atoms with Gasteiger partial charge in [0.15, 0.2) is 0 Å². The van der Waals surface area contributed by atoms with Gasteiger partial charge in [-0.15, -0.1) is 0 Å². The Hall–Kier alpha value is -0.570. The smallest absolute Gasteiger partial charge is 0.309 e. The average molecular weight is 142 g/mol. The second kappa shape index (κ2) is 1.95. The molecule has 3 nitrogen and oxygen atoms in total. The highest BCUT2D eigenvalue weighted by Gasteiger charge is 2.42. The van der Waals surface area contributed by atoms with Gasteiger partial charge in [0.1, 0.15) is 6.10 Å². The third-order valence-electron chi connectivity index (χ3n) is 2.36. The van der Waals surface area contributed by atoms with E-state index in [9.17, 15) is 9.90 Å². The molecule has 0 amide bonds. The third kappa shape index (κ3) is 0.736. The molecule has 0 aromatic heterocycles. The van der Waals surface area contributed by atoms with E-state index in [1.54, 1.807) is 0 Å². The quantitative estimate of drug-likeness (QED) is 0.487. The first-order chi connectivity index (χ1) is 4.77. The number of hydrogen-bond donors (Lipinski definition) is 1. The highest BCUT2D eigenvalue weighted by atomic mass is 16.6. The van der Waals surface area contributed by atoms with Crippen molar-refractivity contribution >= 4 is 5.97 Å². The summed E-state index contributed by atoms with van der Waals surface area (Å²) in [4.78, 5) is 10.9. The molecular formula is C7H10O3. The van der Waals surface area contributed by atoms with E-state index in [4.69, 9.17) is 4.74 Å². The topological polar surface area (TPSA) is 46.5 Å². The van der Waals surface area contributed by atoms with Crippen molar-refractivity contribution < 1.29 is 14.6 Å². The first-order valence-electron chi connectivity index (χ1n) is 3.66. The van der Waals surface area contributed by atoms with Crippen LogP contribution in [0.1, 0.15) is 19.3 Å². The number of esters is 1. The summed E-state index contributed by atoms with van der Waals surface area (Å²) < 4.78 is 4.91. The van der Waals surface area contributed by atoms with Crippen LogP contribution in [-0.2, 0) is 9.53 Å². The standard InChI is InChI=1S/C7H10O3/c8-5-2-1-4-3-6(5)10-7(4)9/h4-6,8H,1-3H2/t4?,5-,6?/m0/s1. The van der Waals surface area contributed by atoms with E-state index in [1.807, 2.05) is 0 Å². The number of ether oxygens (including phenoxy) is 1. The number of aliphatic hydroxyl groups is 1. The molecule has 0 spiro atoms.